The van der Waals surface area contributed by atoms with E-state index >= 15 is 0 Å². The second-order valence-corrected chi connectivity index (χ2v) is 6.16. The number of nitrogens with zero attached hydrogens (tertiary/aromatic N) is 1. The quantitative estimate of drug-likeness (QED) is 0.894. The van der Waals surface area contributed by atoms with Crippen molar-refractivity contribution in [2.24, 2.45) is 5.92 Å². The van der Waals surface area contributed by atoms with Gasteiger partial charge in [-0.2, -0.15) is 0 Å². The van der Waals surface area contributed by atoms with Crippen molar-refractivity contribution in [1.82, 2.24) is 4.90 Å². The van der Waals surface area contributed by atoms with Crippen molar-refractivity contribution in [3.05, 3.63) is 33.8 Å². The Bertz CT molecular complexity index is 476. The summed E-state index contributed by atoms with van der Waals surface area (Å²) in [4.78, 5) is 13.3. The summed E-state index contributed by atoms with van der Waals surface area (Å²) >= 11 is 3.47. The van der Waals surface area contributed by atoms with Crippen LogP contribution in [-0.2, 0) is 11.3 Å². The SMILES string of the molecule is COCC1CCCN(Cc2ccc(C(=O)O)cc2Br)C1. The molecule has 1 atom stereocenters. The van der Waals surface area contributed by atoms with E-state index in [0.717, 1.165) is 36.3 Å². The number of piperidine rings is 1. The first-order valence-electron chi connectivity index (χ1n) is 6.83. The highest BCUT2D eigenvalue weighted by molar-refractivity contribution is 9.10. The molecular formula is C15H20BrNO3. The molecule has 0 spiro atoms. The minimum atomic E-state index is -0.893. The highest BCUT2D eigenvalue weighted by Gasteiger charge is 2.20. The third-order valence-corrected chi connectivity index (χ3v) is 4.44. The van der Waals surface area contributed by atoms with Crippen molar-refractivity contribution in [2.45, 2.75) is 19.4 Å². The maximum absolute atomic E-state index is 10.9. The first kappa shape index (κ1) is 15.5. The fraction of sp³-hybridized carbons (Fsp3) is 0.533. The van der Waals surface area contributed by atoms with E-state index in [1.807, 2.05) is 6.07 Å². The molecule has 4 nitrogen and oxygen atoms in total. The zero-order valence-corrected chi connectivity index (χ0v) is 13.2. The second-order valence-electron chi connectivity index (χ2n) is 5.31. The van der Waals surface area contributed by atoms with Crippen LogP contribution >= 0.6 is 15.9 Å². The molecule has 110 valence electrons. The molecule has 0 amide bonds. The number of methoxy groups -OCH3 is 1. The largest absolute Gasteiger partial charge is 0.478 e. The van der Waals surface area contributed by atoms with E-state index in [9.17, 15) is 4.79 Å². The highest BCUT2D eigenvalue weighted by atomic mass is 79.9. The van der Waals surface area contributed by atoms with E-state index in [1.165, 1.54) is 12.8 Å². The number of carbonyl (C=O) groups is 1. The molecule has 0 radical (unpaired) electrons. The van der Waals surface area contributed by atoms with Crippen LogP contribution in [0.3, 0.4) is 0 Å². The smallest absolute Gasteiger partial charge is 0.335 e. The summed E-state index contributed by atoms with van der Waals surface area (Å²) in [6, 6.07) is 5.24. The zero-order chi connectivity index (χ0) is 14.5. The van der Waals surface area contributed by atoms with E-state index < -0.39 is 5.97 Å². The number of carboxylic acids is 1. The van der Waals surface area contributed by atoms with Crippen molar-refractivity contribution >= 4 is 21.9 Å². The molecule has 0 aromatic heterocycles. The molecule has 0 saturated carbocycles. The van der Waals surface area contributed by atoms with Crippen molar-refractivity contribution in [3.8, 4) is 0 Å². The molecule has 5 heteroatoms. The van der Waals surface area contributed by atoms with E-state index in [1.54, 1.807) is 19.2 Å². The number of aromatic carboxylic acids is 1. The van der Waals surface area contributed by atoms with E-state index in [2.05, 4.69) is 20.8 Å². The molecule has 1 N–H and O–H groups in total. The molecule has 1 heterocycles. The Hall–Kier alpha value is -0.910. The number of carboxylic acid groups (broad SMARTS) is 1. The lowest BCUT2D eigenvalue weighted by molar-refractivity contribution is 0.0696. The lowest BCUT2D eigenvalue weighted by Gasteiger charge is -2.32. The molecule has 1 unspecified atom stereocenters. The topological polar surface area (TPSA) is 49.8 Å². The minimum Gasteiger partial charge on any atom is -0.478 e. The molecule has 1 fully saturated rings. The molecule has 2 rings (SSSR count). The fourth-order valence-electron chi connectivity index (χ4n) is 2.72. The third kappa shape index (κ3) is 4.04. The average Bonchev–Trinajstić information content (AvgIpc) is 2.42. The summed E-state index contributed by atoms with van der Waals surface area (Å²) in [5.74, 6) is -0.291. The number of rotatable bonds is 5. The Kier molecular flexibility index (Phi) is 5.57. The van der Waals surface area contributed by atoms with Gasteiger partial charge in [-0.25, -0.2) is 4.79 Å². The van der Waals surface area contributed by atoms with Crippen LogP contribution in [0.2, 0.25) is 0 Å². The Morgan fingerprint density at radius 2 is 2.35 bits per heavy atom. The van der Waals surface area contributed by atoms with Gasteiger partial charge in [0.1, 0.15) is 0 Å². The normalized spacial score (nSPS) is 20.0. The van der Waals surface area contributed by atoms with Crippen molar-refractivity contribution in [1.29, 1.82) is 0 Å². The number of halogens is 1. The molecule has 1 saturated heterocycles. The number of hydrogen-bond donors (Lipinski definition) is 1. The number of ether oxygens (including phenoxy) is 1. The summed E-state index contributed by atoms with van der Waals surface area (Å²) in [6.07, 6.45) is 2.42. The van der Waals surface area contributed by atoms with Crippen LogP contribution in [0.4, 0.5) is 0 Å². The molecule has 0 aliphatic carbocycles. The van der Waals surface area contributed by atoms with Gasteiger partial charge in [0.2, 0.25) is 0 Å². The second kappa shape index (κ2) is 7.20. The van der Waals surface area contributed by atoms with Crippen LogP contribution in [0.25, 0.3) is 0 Å². The molecule has 1 aliphatic heterocycles. The summed E-state index contributed by atoms with van der Waals surface area (Å²) in [6.45, 7) is 3.80. The summed E-state index contributed by atoms with van der Waals surface area (Å²) in [5, 5.41) is 8.97. The number of likely N-dealkylation sites (tertiary alicyclic amines) is 1. The van der Waals surface area contributed by atoms with Crippen LogP contribution in [0.1, 0.15) is 28.8 Å². The molecule has 1 aromatic carbocycles. The van der Waals surface area contributed by atoms with Crippen LogP contribution in [0, 0.1) is 5.92 Å². The van der Waals surface area contributed by atoms with Gasteiger partial charge < -0.3 is 9.84 Å². The third-order valence-electron chi connectivity index (χ3n) is 3.70. The molecule has 1 aromatic rings. The maximum atomic E-state index is 10.9. The van der Waals surface area contributed by atoms with Gasteiger partial charge in [-0.3, -0.25) is 4.90 Å². The van der Waals surface area contributed by atoms with Gasteiger partial charge in [-0.15, -0.1) is 0 Å². The monoisotopic (exact) mass is 341 g/mol. The van der Waals surface area contributed by atoms with Crippen molar-refractivity contribution in [3.63, 3.8) is 0 Å². The average molecular weight is 342 g/mol. The Balaban J connectivity index is 2.00. The lowest BCUT2D eigenvalue weighted by Crippen LogP contribution is -2.36. The van der Waals surface area contributed by atoms with Crippen molar-refractivity contribution in [2.75, 3.05) is 26.8 Å². The molecule has 1 aliphatic rings. The molecule has 0 bridgehead atoms. The van der Waals surface area contributed by atoms with Gasteiger partial charge in [0, 0.05) is 24.7 Å². The van der Waals surface area contributed by atoms with Gasteiger partial charge in [0.05, 0.1) is 12.2 Å². The highest BCUT2D eigenvalue weighted by Crippen LogP contribution is 2.23. The Morgan fingerprint density at radius 3 is 3.00 bits per heavy atom. The first-order valence-corrected chi connectivity index (χ1v) is 7.62. The van der Waals surface area contributed by atoms with E-state index in [0.29, 0.717) is 11.5 Å². The summed E-state index contributed by atoms with van der Waals surface area (Å²) in [7, 11) is 1.75. The number of hydrogen-bond acceptors (Lipinski definition) is 3. The van der Waals surface area contributed by atoms with Gasteiger partial charge >= 0.3 is 5.97 Å². The first-order chi connectivity index (χ1) is 9.60. The van der Waals surface area contributed by atoms with Gasteiger partial charge in [0.15, 0.2) is 0 Å². The zero-order valence-electron chi connectivity index (χ0n) is 11.6. The Morgan fingerprint density at radius 1 is 1.55 bits per heavy atom. The minimum absolute atomic E-state index is 0.316. The van der Waals surface area contributed by atoms with Crippen molar-refractivity contribution < 1.29 is 14.6 Å². The van der Waals surface area contributed by atoms with Crippen LogP contribution in [-0.4, -0.2) is 42.8 Å². The lowest BCUT2D eigenvalue weighted by atomic mass is 9.98. The van der Waals surface area contributed by atoms with Gasteiger partial charge in [-0.1, -0.05) is 22.0 Å². The molecular weight excluding hydrogens is 322 g/mol. The Labute approximate surface area is 127 Å². The van der Waals surface area contributed by atoms with Crippen LogP contribution < -0.4 is 0 Å². The van der Waals surface area contributed by atoms with Gasteiger partial charge in [0.25, 0.3) is 0 Å². The summed E-state index contributed by atoms with van der Waals surface area (Å²) in [5.41, 5.74) is 1.45. The van der Waals surface area contributed by atoms with Crippen LogP contribution in [0.5, 0.6) is 0 Å². The number of benzene rings is 1. The fourth-order valence-corrected chi connectivity index (χ4v) is 3.22. The predicted octanol–water partition coefficient (Wildman–Crippen LogP) is 3.01. The standard InChI is InChI=1S/C15H20BrNO3/c1-20-10-11-3-2-6-17(8-11)9-13-5-4-12(15(18)19)7-14(13)16/h4-5,7,11H,2-3,6,8-10H2,1H3,(H,18,19). The molecule has 20 heavy (non-hydrogen) atoms. The van der Waals surface area contributed by atoms with E-state index in [-0.39, 0.29) is 0 Å². The predicted molar refractivity (Wildman–Crippen MR) is 81.0 cm³/mol. The van der Waals surface area contributed by atoms with E-state index in [4.69, 9.17) is 9.84 Å². The van der Waals surface area contributed by atoms with Gasteiger partial charge in [-0.05, 0) is 43.0 Å². The summed E-state index contributed by atoms with van der Waals surface area (Å²) < 4.78 is 6.11. The maximum Gasteiger partial charge on any atom is 0.335 e. The van der Waals surface area contributed by atoms with Crippen LogP contribution in [0.15, 0.2) is 22.7 Å².